The maximum absolute atomic E-state index is 13.5. The van der Waals surface area contributed by atoms with Crippen LogP contribution in [-0.2, 0) is 29.2 Å². The smallest absolute Gasteiger partial charge is 0.339 e. The summed E-state index contributed by atoms with van der Waals surface area (Å²) in [5.74, 6) is -1.49. The molecule has 9 atom stereocenters. The third kappa shape index (κ3) is 4.14. The second kappa shape index (κ2) is 10.4. The van der Waals surface area contributed by atoms with E-state index < -0.39 is 54.6 Å². The van der Waals surface area contributed by atoms with Crippen molar-refractivity contribution in [3.05, 3.63) is 54.3 Å². The van der Waals surface area contributed by atoms with Gasteiger partial charge < -0.3 is 40.0 Å². The van der Waals surface area contributed by atoms with Crippen molar-refractivity contribution in [2.24, 2.45) is 11.8 Å². The number of esters is 1. The van der Waals surface area contributed by atoms with Crippen molar-refractivity contribution in [2.75, 3.05) is 32.1 Å². The minimum atomic E-state index is -1.73. The number of methoxy groups -OCH3 is 1. The van der Waals surface area contributed by atoms with Crippen molar-refractivity contribution in [3.8, 4) is 0 Å². The van der Waals surface area contributed by atoms with E-state index in [9.17, 15) is 30.0 Å². The molecule has 0 radical (unpaired) electrons. The second-order valence-electron chi connectivity index (χ2n) is 10.4. The number of carbonyl (C=O) groups is 2. The normalized spacial score (nSPS) is 38.9. The molecule has 4 aliphatic rings. The Hall–Kier alpha value is -2.80. The van der Waals surface area contributed by atoms with Crippen LogP contribution in [0.5, 0.6) is 0 Å². The van der Waals surface area contributed by atoms with Crippen LogP contribution in [0.1, 0.15) is 18.4 Å². The second-order valence-corrected chi connectivity index (χ2v) is 10.4. The number of ether oxygens (including phenoxy) is 3. The Kier molecular flexibility index (Phi) is 7.33. The van der Waals surface area contributed by atoms with Crippen LogP contribution in [0, 0.1) is 11.8 Å². The molecular weight excluding hydrogens is 496 g/mol. The SMILES string of the molecule is C=C[C@@H]1CN2CC[C@@]3(C(=O)Nc4ccccc43)[C@@H]2C[C@@H]1/C(=C/OC)C(=O)O[C@@H]1O[C@H](CO)[C@@H](O)[C@H](O)[C@H]1O. The number of para-hydroxylation sites is 1. The number of piperidine rings is 1. The van der Waals surface area contributed by atoms with Crippen LogP contribution in [0.25, 0.3) is 0 Å². The highest BCUT2D eigenvalue weighted by atomic mass is 16.7. The molecule has 1 amide bonds. The average Bonchev–Trinajstić information content (AvgIpc) is 3.44. The van der Waals surface area contributed by atoms with Gasteiger partial charge in [-0.05, 0) is 36.9 Å². The van der Waals surface area contributed by atoms with Gasteiger partial charge >= 0.3 is 5.97 Å². The lowest BCUT2D eigenvalue weighted by atomic mass is 9.68. The van der Waals surface area contributed by atoms with Gasteiger partial charge in [-0.3, -0.25) is 9.69 Å². The highest BCUT2D eigenvalue weighted by molar-refractivity contribution is 6.07. The van der Waals surface area contributed by atoms with Crippen LogP contribution in [0.4, 0.5) is 5.69 Å². The molecule has 0 aromatic heterocycles. The minimum Gasteiger partial charge on any atom is -0.504 e. The van der Waals surface area contributed by atoms with Crippen molar-refractivity contribution < 1.29 is 44.2 Å². The first-order valence-electron chi connectivity index (χ1n) is 12.8. The lowest BCUT2D eigenvalue weighted by Gasteiger charge is -2.44. The third-order valence-electron chi connectivity index (χ3n) is 8.56. The number of aliphatic hydroxyl groups is 4. The number of rotatable bonds is 6. The number of carbonyl (C=O) groups excluding carboxylic acids is 2. The number of aliphatic hydroxyl groups excluding tert-OH is 4. The third-order valence-corrected chi connectivity index (χ3v) is 8.56. The van der Waals surface area contributed by atoms with Gasteiger partial charge in [0.15, 0.2) is 0 Å². The average molecular weight is 531 g/mol. The maximum atomic E-state index is 13.5. The summed E-state index contributed by atoms with van der Waals surface area (Å²) >= 11 is 0. The molecule has 4 aliphatic heterocycles. The molecule has 11 heteroatoms. The zero-order valence-electron chi connectivity index (χ0n) is 21.1. The topological polar surface area (TPSA) is 158 Å². The van der Waals surface area contributed by atoms with Gasteiger partial charge in [0.05, 0.1) is 31.0 Å². The monoisotopic (exact) mass is 530 g/mol. The summed E-state index contributed by atoms with van der Waals surface area (Å²) in [4.78, 5) is 29.2. The molecule has 1 aromatic carbocycles. The van der Waals surface area contributed by atoms with Crippen molar-refractivity contribution in [2.45, 2.75) is 55.0 Å². The summed E-state index contributed by atoms with van der Waals surface area (Å²) in [5.41, 5.74) is 1.18. The number of hydrogen-bond donors (Lipinski definition) is 5. The van der Waals surface area contributed by atoms with Gasteiger partial charge in [0.2, 0.25) is 12.2 Å². The lowest BCUT2D eigenvalue weighted by molar-refractivity contribution is -0.291. The van der Waals surface area contributed by atoms with Gasteiger partial charge in [0, 0.05) is 24.2 Å². The molecule has 206 valence electrons. The molecule has 0 unspecified atom stereocenters. The zero-order chi connectivity index (χ0) is 27.2. The van der Waals surface area contributed by atoms with Crippen LogP contribution in [-0.4, -0.2) is 101 Å². The van der Waals surface area contributed by atoms with E-state index >= 15 is 0 Å². The number of anilines is 1. The van der Waals surface area contributed by atoms with Crippen molar-refractivity contribution in [3.63, 3.8) is 0 Å². The fourth-order valence-electron chi connectivity index (χ4n) is 6.60. The zero-order valence-corrected chi connectivity index (χ0v) is 21.1. The molecule has 11 nitrogen and oxygen atoms in total. The molecule has 1 spiro atoms. The molecular formula is C27H34N2O9. The molecule has 5 rings (SSSR count). The number of fused-ring (bicyclic) bond motifs is 4. The predicted octanol–water partition coefficient (Wildman–Crippen LogP) is -0.354. The molecule has 0 saturated carbocycles. The Morgan fingerprint density at radius 3 is 2.74 bits per heavy atom. The Balaban J connectivity index is 1.42. The fraction of sp³-hybridized carbons (Fsp3) is 0.556. The molecule has 3 fully saturated rings. The van der Waals surface area contributed by atoms with Crippen LogP contribution in [0.15, 0.2) is 48.8 Å². The number of hydrogen-bond acceptors (Lipinski definition) is 10. The van der Waals surface area contributed by atoms with Gasteiger partial charge in [-0.2, -0.15) is 0 Å². The van der Waals surface area contributed by atoms with Crippen molar-refractivity contribution in [1.29, 1.82) is 0 Å². The van der Waals surface area contributed by atoms with E-state index in [1.165, 1.54) is 13.4 Å². The summed E-state index contributed by atoms with van der Waals surface area (Å²) in [5, 5.41) is 43.0. The fourth-order valence-corrected chi connectivity index (χ4v) is 6.60. The molecule has 38 heavy (non-hydrogen) atoms. The molecule has 0 aliphatic carbocycles. The molecule has 3 saturated heterocycles. The quantitative estimate of drug-likeness (QED) is 0.142. The summed E-state index contributed by atoms with van der Waals surface area (Å²) in [6.45, 7) is 4.63. The Bertz CT molecular complexity index is 1120. The van der Waals surface area contributed by atoms with Gasteiger partial charge in [0.1, 0.15) is 24.4 Å². The first kappa shape index (κ1) is 26.8. The van der Waals surface area contributed by atoms with E-state index in [0.717, 1.165) is 17.8 Å². The van der Waals surface area contributed by atoms with Gasteiger partial charge in [-0.25, -0.2) is 4.79 Å². The number of benzene rings is 1. The first-order valence-corrected chi connectivity index (χ1v) is 12.8. The number of nitrogens with zero attached hydrogens (tertiary/aromatic N) is 1. The first-order chi connectivity index (χ1) is 18.3. The Labute approximate surface area is 220 Å². The summed E-state index contributed by atoms with van der Waals surface area (Å²) in [6, 6.07) is 7.49. The minimum absolute atomic E-state index is 0.0526. The summed E-state index contributed by atoms with van der Waals surface area (Å²) < 4.78 is 16.1. The van der Waals surface area contributed by atoms with E-state index in [1.807, 2.05) is 24.3 Å². The molecule has 5 N–H and O–H groups in total. The van der Waals surface area contributed by atoms with E-state index in [1.54, 1.807) is 6.08 Å². The largest absolute Gasteiger partial charge is 0.504 e. The molecule has 0 bridgehead atoms. The summed E-state index contributed by atoms with van der Waals surface area (Å²) in [7, 11) is 1.40. The Morgan fingerprint density at radius 2 is 2.03 bits per heavy atom. The Morgan fingerprint density at radius 1 is 1.26 bits per heavy atom. The lowest BCUT2D eigenvalue weighted by Crippen LogP contribution is -2.59. The van der Waals surface area contributed by atoms with Crippen LogP contribution in [0.2, 0.25) is 0 Å². The van der Waals surface area contributed by atoms with E-state index in [4.69, 9.17) is 14.2 Å². The van der Waals surface area contributed by atoms with Gasteiger partial charge in [-0.1, -0.05) is 24.3 Å². The number of nitrogens with one attached hydrogen (secondary N) is 1. The predicted molar refractivity (Wildman–Crippen MR) is 133 cm³/mol. The number of amides is 1. The van der Waals surface area contributed by atoms with Crippen LogP contribution >= 0.6 is 0 Å². The van der Waals surface area contributed by atoms with E-state index in [0.29, 0.717) is 19.4 Å². The van der Waals surface area contributed by atoms with E-state index in [-0.39, 0.29) is 23.4 Å². The van der Waals surface area contributed by atoms with Gasteiger partial charge in [-0.15, -0.1) is 6.58 Å². The van der Waals surface area contributed by atoms with Crippen LogP contribution < -0.4 is 5.32 Å². The maximum Gasteiger partial charge on any atom is 0.339 e. The highest BCUT2D eigenvalue weighted by Gasteiger charge is 2.60. The van der Waals surface area contributed by atoms with Gasteiger partial charge in [0.25, 0.3) is 0 Å². The molecule has 1 aromatic rings. The van der Waals surface area contributed by atoms with E-state index in [2.05, 4.69) is 16.8 Å². The van der Waals surface area contributed by atoms with Crippen molar-refractivity contribution >= 4 is 17.6 Å². The highest BCUT2D eigenvalue weighted by Crippen LogP contribution is 2.53. The molecule has 4 heterocycles. The standard InChI is InChI=1S/C27H34N2O9/c1-3-14-11-29-9-8-27(17-6-4-5-7-18(17)28-26(27)35)20(29)10-15(14)16(13-36-2)24(34)38-25-23(33)22(32)21(31)19(12-30)37-25/h3-7,13-15,19-23,25,30-33H,1,8-12H2,2H3,(H,28,35)/b16-13-/t14-,15+,19-,20+,21-,22+,23-,25+,27+/m1/s1. The van der Waals surface area contributed by atoms with Crippen LogP contribution in [0.3, 0.4) is 0 Å². The summed E-state index contributed by atoms with van der Waals surface area (Å²) in [6.07, 6.45) is -3.67. The van der Waals surface area contributed by atoms with Crippen molar-refractivity contribution in [1.82, 2.24) is 4.90 Å².